The van der Waals surface area contributed by atoms with Crippen LogP contribution in [0.4, 0.5) is 19.4 Å². The first-order valence-electron chi connectivity index (χ1n) is 24.2. The minimum atomic E-state index is -1.07. The number of fused-ring (bicyclic) bond motifs is 2. The predicted octanol–water partition coefficient (Wildman–Crippen LogP) is 9.23. The van der Waals surface area contributed by atoms with E-state index in [4.69, 9.17) is 26.8 Å². The molecule has 4 fully saturated rings. The van der Waals surface area contributed by atoms with Crippen molar-refractivity contribution in [2.24, 2.45) is 24.1 Å². The van der Waals surface area contributed by atoms with E-state index in [0.717, 1.165) is 93.8 Å². The van der Waals surface area contributed by atoms with Gasteiger partial charge in [-0.25, -0.2) is 13.6 Å². The highest BCUT2D eigenvalue weighted by atomic mass is 35.5. The Bertz CT molecular complexity index is 2850. The molecule has 10 rings (SSSR count). The number of primary amides is 1. The molecule has 13 nitrogen and oxygen atoms in total. The quantitative estimate of drug-likeness (QED) is 0.125. The number of amides is 5. The number of nitrogens with zero attached hydrogens (tertiary/aromatic N) is 4. The minimum absolute atomic E-state index is 0.000151. The number of aryl methyl sites for hydroxylation is 1. The maximum absolute atomic E-state index is 16.2. The predicted molar refractivity (Wildman–Crippen MR) is 258 cm³/mol. The summed E-state index contributed by atoms with van der Waals surface area (Å²) in [5, 5.41) is 11.4. The fourth-order valence-corrected chi connectivity index (χ4v) is 12.5. The zero-order valence-electron chi connectivity index (χ0n) is 39.2. The van der Waals surface area contributed by atoms with Gasteiger partial charge in [0.25, 0.3) is 0 Å². The van der Waals surface area contributed by atoms with Gasteiger partial charge in [0.15, 0.2) is 23.0 Å². The number of aromatic nitrogens is 2. The Kier molecular flexibility index (Phi) is 12.4. The van der Waals surface area contributed by atoms with Crippen LogP contribution in [0.5, 0.6) is 11.5 Å². The van der Waals surface area contributed by atoms with E-state index in [1.54, 1.807) is 4.90 Å². The third kappa shape index (κ3) is 8.28. The van der Waals surface area contributed by atoms with Crippen molar-refractivity contribution in [1.29, 1.82) is 0 Å². The molecule has 2 atom stereocenters. The first-order chi connectivity index (χ1) is 33.2. The van der Waals surface area contributed by atoms with Crippen molar-refractivity contribution in [3.8, 4) is 22.6 Å². The molecule has 1 spiro atoms. The van der Waals surface area contributed by atoms with Gasteiger partial charge < -0.3 is 25.4 Å². The van der Waals surface area contributed by atoms with Crippen LogP contribution in [0.15, 0.2) is 66.7 Å². The number of hydrogen-bond acceptors (Lipinski definition) is 8. The largest absolute Gasteiger partial charge is 0.494 e. The van der Waals surface area contributed by atoms with Crippen molar-refractivity contribution in [3.63, 3.8) is 0 Å². The van der Waals surface area contributed by atoms with Gasteiger partial charge in [0.1, 0.15) is 11.6 Å². The summed E-state index contributed by atoms with van der Waals surface area (Å²) < 4.78 is 45.9. The maximum Gasteiger partial charge on any atom is 0.329 e. The Balaban J connectivity index is 0.764. The third-order valence-corrected chi connectivity index (χ3v) is 16.7. The molecule has 5 aromatic rings. The molecule has 362 valence electrons. The van der Waals surface area contributed by atoms with Gasteiger partial charge in [0.2, 0.25) is 17.7 Å². The summed E-state index contributed by atoms with van der Waals surface area (Å²) in [7, 11) is 3.19. The molecule has 16 heteroatoms. The number of urea groups is 1. The molecule has 5 aliphatic rings. The molecule has 2 saturated heterocycles. The van der Waals surface area contributed by atoms with E-state index in [1.165, 1.54) is 30.9 Å². The van der Waals surface area contributed by atoms with Gasteiger partial charge in [-0.2, -0.15) is 5.10 Å². The number of hydrogen-bond donors (Lipinski definition) is 3. The highest BCUT2D eigenvalue weighted by Gasteiger charge is 2.50. The minimum Gasteiger partial charge on any atom is -0.494 e. The van der Waals surface area contributed by atoms with E-state index >= 15 is 8.78 Å². The fourth-order valence-electron chi connectivity index (χ4n) is 12.2. The second-order valence-corrected chi connectivity index (χ2v) is 20.3. The second-order valence-electron chi connectivity index (χ2n) is 19.9. The normalized spacial score (nSPS) is 23.8. The average Bonchev–Trinajstić information content (AvgIpc) is 3.83. The lowest BCUT2D eigenvalue weighted by Gasteiger charge is -2.47. The molecule has 3 aliphatic heterocycles. The number of anilines is 1. The molecular formula is C53H58ClF2N7O6. The number of carbonyl (C=O) groups is 4. The lowest BCUT2D eigenvalue weighted by atomic mass is 9.64. The first-order valence-corrected chi connectivity index (χ1v) is 24.6. The maximum atomic E-state index is 16.2. The van der Waals surface area contributed by atoms with Crippen molar-refractivity contribution in [1.82, 2.24) is 25.3 Å². The highest BCUT2D eigenvalue weighted by Crippen LogP contribution is 2.57. The van der Waals surface area contributed by atoms with Crippen LogP contribution in [0.3, 0.4) is 0 Å². The Morgan fingerprint density at radius 3 is 2.35 bits per heavy atom. The molecule has 4 N–H and O–H groups in total. The van der Waals surface area contributed by atoms with E-state index < -0.39 is 35.1 Å². The summed E-state index contributed by atoms with van der Waals surface area (Å²) in [4.78, 5) is 54.8. The van der Waals surface area contributed by atoms with E-state index in [1.807, 2.05) is 49.0 Å². The molecule has 4 heterocycles. The van der Waals surface area contributed by atoms with Crippen LogP contribution in [0, 0.1) is 23.0 Å². The van der Waals surface area contributed by atoms with Crippen LogP contribution in [-0.4, -0.2) is 77.8 Å². The lowest BCUT2D eigenvalue weighted by Crippen LogP contribution is -2.49. The number of halogens is 3. The van der Waals surface area contributed by atoms with E-state index in [-0.39, 0.29) is 68.8 Å². The zero-order chi connectivity index (χ0) is 48.4. The van der Waals surface area contributed by atoms with Gasteiger partial charge in [0, 0.05) is 85.7 Å². The molecule has 2 unspecified atom stereocenters. The van der Waals surface area contributed by atoms with Gasteiger partial charge >= 0.3 is 6.03 Å². The number of likely N-dealkylation sites (tertiary alicyclic amines) is 1. The van der Waals surface area contributed by atoms with E-state index in [2.05, 4.69) is 38.8 Å². The molecule has 5 amide bonds. The molecule has 0 radical (unpaired) electrons. The Labute approximate surface area is 405 Å². The number of nitrogens with one attached hydrogen (secondary N) is 2. The summed E-state index contributed by atoms with van der Waals surface area (Å²) in [5.41, 5.74) is 8.06. The van der Waals surface area contributed by atoms with E-state index in [9.17, 15) is 19.2 Å². The Morgan fingerprint density at radius 2 is 1.67 bits per heavy atom. The summed E-state index contributed by atoms with van der Waals surface area (Å²) in [5.74, 6) is -2.13. The summed E-state index contributed by atoms with van der Waals surface area (Å²) in [6, 6.07) is 19.6. The van der Waals surface area contributed by atoms with Crippen molar-refractivity contribution in [2.45, 2.75) is 101 Å². The monoisotopic (exact) mass is 961 g/mol. The van der Waals surface area contributed by atoms with Crippen molar-refractivity contribution in [2.75, 3.05) is 38.2 Å². The molecular weight excluding hydrogens is 904 g/mol. The Morgan fingerprint density at radius 1 is 0.942 bits per heavy atom. The van der Waals surface area contributed by atoms with Gasteiger partial charge in [0.05, 0.1) is 23.2 Å². The lowest BCUT2D eigenvalue weighted by molar-refractivity contribution is -0.139. The van der Waals surface area contributed by atoms with Gasteiger partial charge in [-0.05, 0) is 111 Å². The standard InChI is InChI=1S/C53H58ClF2N7O6/c1-30-43-41(28-38(55)46(54)45(43)44-37(48(57)65)15-16-40(68-3)47(44)56)69-53(30,34-7-5-4-6-8-34)29-58-35-12-9-32(10-13-35)50(66)62-25-22-52(23-26-62)20-17-31(18-21-52)33-11-14-36-39(27-33)61(2)60-49(36)63-24-19-42(64)59-51(63)67/h4-8,11,14-16,27-28,30-32,35,58H,9-10,12-13,17-26,29H2,1-3H3,(H2,57,65)(H,59,64,67). The zero-order valence-corrected chi connectivity index (χ0v) is 40.0. The van der Waals surface area contributed by atoms with Crippen LogP contribution in [0.25, 0.3) is 22.0 Å². The molecule has 2 aliphatic carbocycles. The van der Waals surface area contributed by atoms with Crippen LogP contribution in [0.1, 0.15) is 116 Å². The number of imide groups is 1. The summed E-state index contributed by atoms with van der Waals surface area (Å²) in [6.07, 6.45) is 9.81. The molecule has 0 bridgehead atoms. The molecule has 69 heavy (non-hydrogen) atoms. The van der Waals surface area contributed by atoms with Gasteiger partial charge in [-0.3, -0.25) is 29.3 Å². The number of methoxy groups -OCH3 is 1. The van der Waals surface area contributed by atoms with Crippen molar-refractivity contribution < 1.29 is 37.4 Å². The van der Waals surface area contributed by atoms with E-state index in [0.29, 0.717) is 30.4 Å². The van der Waals surface area contributed by atoms with Crippen LogP contribution in [-0.2, 0) is 22.2 Å². The number of carbonyl (C=O) groups excluding carboxylic acids is 4. The van der Waals surface area contributed by atoms with Gasteiger partial charge in [-0.1, -0.05) is 54.9 Å². The van der Waals surface area contributed by atoms with Crippen molar-refractivity contribution in [3.05, 3.63) is 106 Å². The summed E-state index contributed by atoms with van der Waals surface area (Å²) >= 11 is 6.71. The molecule has 4 aromatic carbocycles. The fraction of sp³-hybridized carbons (Fsp3) is 0.453. The number of nitrogens with two attached hydrogens (primary N) is 1. The van der Waals surface area contributed by atoms with Crippen LogP contribution < -0.4 is 30.7 Å². The third-order valence-electron chi connectivity index (χ3n) is 16.3. The summed E-state index contributed by atoms with van der Waals surface area (Å²) in [6.45, 7) is 4.14. The molecule has 2 saturated carbocycles. The van der Waals surface area contributed by atoms with Gasteiger partial charge in [-0.15, -0.1) is 0 Å². The SMILES string of the molecule is COc1ccc(C(N)=O)c(-c2c(Cl)c(F)cc3c2C(C)C(CNC2CCC(C(=O)N4CCC5(CCC(c6ccc7c(N8CCC(=O)NC8=O)nn(C)c7c6)CC5)CC4)CC2)(c2ccccc2)O3)c1F. The Hall–Kier alpha value is -6.06. The first kappa shape index (κ1) is 46.7. The second kappa shape index (κ2) is 18.4. The topological polar surface area (TPSA) is 161 Å². The average molecular weight is 963 g/mol. The number of benzene rings is 4. The highest BCUT2D eigenvalue weighted by molar-refractivity contribution is 6.34. The van der Waals surface area contributed by atoms with Crippen LogP contribution >= 0.6 is 11.6 Å². The number of piperidine rings is 1. The molecule has 1 aromatic heterocycles. The number of ether oxygens (including phenoxy) is 2. The smallest absolute Gasteiger partial charge is 0.329 e. The number of rotatable bonds is 10. The van der Waals surface area contributed by atoms with Crippen LogP contribution in [0.2, 0.25) is 5.02 Å². The van der Waals surface area contributed by atoms with Crippen molar-refractivity contribution >= 4 is 52.1 Å².